The van der Waals surface area contributed by atoms with Crippen LogP contribution in [-0.2, 0) is 10.4 Å². The van der Waals surface area contributed by atoms with Gasteiger partial charge in [-0.3, -0.25) is 8.42 Å². The molecule has 0 saturated carbocycles. The smallest absolute Gasteiger partial charge is 0.122 e. The van der Waals surface area contributed by atoms with Gasteiger partial charge in [0.2, 0.25) is 0 Å². The third-order valence-corrected chi connectivity index (χ3v) is 3.19. The highest BCUT2D eigenvalue weighted by molar-refractivity contribution is 7.79. The predicted octanol–water partition coefficient (Wildman–Crippen LogP) is 2.56. The van der Waals surface area contributed by atoms with Crippen LogP contribution in [0.4, 0.5) is 5.69 Å². The van der Waals surface area contributed by atoms with Gasteiger partial charge in [0, 0.05) is 29.7 Å². The molecule has 0 heterocycles. The van der Waals surface area contributed by atoms with Crippen LogP contribution < -0.4 is 9.64 Å². The van der Waals surface area contributed by atoms with Crippen molar-refractivity contribution in [2.75, 3.05) is 25.1 Å². The first-order chi connectivity index (χ1) is 11.3. The number of anilines is 1. The molecule has 6 nitrogen and oxygen atoms in total. The molecule has 0 amide bonds. The average molecular weight is 351 g/mol. The molecule has 0 aliphatic heterocycles. The van der Waals surface area contributed by atoms with Gasteiger partial charge in [-0.2, -0.15) is 0 Å². The van der Waals surface area contributed by atoms with E-state index in [0.717, 1.165) is 25.3 Å². The maximum absolute atomic E-state index is 8.52. The number of para-hydroxylation sites is 2. The second kappa shape index (κ2) is 9.92. The molecule has 132 valence electrons. The van der Waals surface area contributed by atoms with E-state index in [9.17, 15) is 0 Å². The summed E-state index contributed by atoms with van der Waals surface area (Å²) in [6.07, 6.45) is 1.01. The Balaban J connectivity index is 0.000000505. The molecule has 0 spiro atoms. The third-order valence-electron chi connectivity index (χ3n) is 3.19. The van der Waals surface area contributed by atoms with E-state index in [1.54, 1.807) is 0 Å². The minimum absolute atomic E-state index is 0.752. The predicted molar refractivity (Wildman–Crippen MR) is 91.5 cm³/mol. The number of hydrogen-bond donors (Lipinski definition) is 0. The number of aryl methyl sites for hydroxylation is 1. The lowest BCUT2D eigenvalue weighted by atomic mass is 10.2. The first-order valence-corrected chi connectivity index (χ1v) is 8.72. The number of rotatable bonds is 6. The summed E-state index contributed by atoms with van der Waals surface area (Å²) in [6.45, 7) is 3.82. The van der Waals surface area contributed by atoms with E-state index in [1.807, 2.05) is 24.3 Å². The Morgan fingerprint density at radius 1 is 1.00 bits per heavy atom. The van der Waals surface area contributed by atoms with Crippen molar-refractivity contribution >= 4 is 16.1 Å². The molecule has 0 bridgehead atoms. The second-order valence-electron chi connectivity index (χ2n) is 5.13. The summed E-state index contributed by atoms with van der Waals surface area (Å²) in [5, 5.41) is 0. The molecule has 2 aromatic rings. The quantitative estimate of drug-likeness (QED) is 0.451. The Labute approximate surface area is 143 Å². The van der Waals surface area contributed by atoms with Gasteiger partial charge < -0.3 is 18.7 Å². The number of benzene rings is 2. The van der Waals surface area contributed by atoms with Crippen molar-refractivity contribution in [1.29, 1.82) is 0 Å². The monoisotopic (exact) mass is 351 g/mol. The van der Waals surface area contributed by atoms with Gasteiger partial charge >= 0.3 is 0 Å². The van der Waals surface area contributed by atoms with Gasteiger partial charge in [-0.05, 0) is 37.1 Å². The molecule has 0 unspecified atom stereocenters. The van der Waals surface area contributed by atoms with Crippen LogP contribution in [0.25, 0.3) is 0 Å². The van der Waals surface area contributed by atoms with Crippen LogP contribution in [0.1, 0.15) is 12.0 Å². The summed E-state index contributed by atoms with van der Waals surface area (Å²) in [6, 6.07) is 18.6. The molecular formula is C17H21NO5S-2. The molecule has 0 radical (unpaired) electrons. The Hall–Kier alpha value is -2.09. The number of nitrogens with zero attached hydrogens (tertiary/aromatic N) is 1. The summed E-state index contributed by atoms with van der Waals surface area (Å²) in [5.74, 6) is 0.991. The van der Waals surface area contributed by atoms with Crippen molar-refractivity contribution in [3.05, 3.63) is 60.2 Å². The molecule has 0 aromatic heterocycles. The van der Waals surface area contributed by atoms with Crippen LogP contribution in [0.15, 0.2) is 54.6 Å². The molecule has 24 heavy (non-hydrogen) atoms. The highest BCUT2D eigenvalue weighted by Gasteiger charge is 2.01. The summed E-state index contributed by atoms with van der Waals surface area (Å²) in [4.78, 5) is 2.25. The van der Waals surface area contributed by atoms with Gasteiger partial charge in [0.15, 0.2) is 0 Å². The van der Waals surface area contributed by atoms with Crippen molar-refractivity contribution in [1.82, 2.24) is 0 Å². The minimum Gasteiger partial charge on any atom is -0.759 e. The van der Waals surface area contributed by atoms with Crippen LogP contribution in [-0.4, -0.2) is 37.7 Å². The second-order valence-corrected chi connectivity index (χ2v) is 5.95. The summed E-state index contributed by atoms with van der Waals surface area (Å²) >= 11 is 0. The molecule has 0 saturated heterocycles. The lowest BCUT2D eigenvalue weighted by molar-refractivity contribution is 0.310. The fraction of sp³-hybridized carbons (Fsp3) is 0.294. The van der Waals surface area contributed by atoms with Crippen LogP contribution in [0.5, 0.6) is 5.75 Å². The van der Waals surface area contributed by atoms with Gasteiger partial charge in [0.25, 0.3) is 0 Å². The Bertz CT molecular complexity index is 696. The largest absolute Gasteiger partial charge is 0.759 e. The fourth-order valence-electron chi connectivity index (χ4n) is 2.01. The van der Waals surface area contributed by atoms with E-state index >= 15 is 0 Å². The molecule has 0 aliphatic rings. The molecule has 2 aromatic carbocycles. The standard InChI is InChI=1S/C17H21NO.H2O4S/c1-15-9-6-7-12-17(15)19-14-8-13-18(2)16-10-4-3-5-11-16;1-5(2,3)4/h3-7,9-12H,8,13-14H2,1-2H3;(H2,1,2,3,4)/p-2. The van der Waals surface area contributed by atoms with Gasteiger partial charge in [0.1, 0.15) is 5.75 Å². The normalized spacial score (nSPS) is 10.5. The van der Waals surface area contributed by atoms with E-state index in [-0.39, 0.29) is 0 Å². The molecule has 0 fully saturated rings. The van der Waals surface area contributed by atoms with Crippen molar-refractivity contribution < 1.29 is 22.3 Å². The molecule has 0 aliphatic carbocycles. The maximum atomic E-state index is 8.52. The van der Waals surface area contributed by atoms with Gasteiger partial charge in [-0.1, -0.05) is 36.4 Å². The first-order valence-electron chi connectivity index (χ1n) is 7.38. The van der Waals surface area contributed by atoms with E-state index in [1.165, 1.54) is 11.3 Å². The highest BCUT2D eigenvalue weighted by atomic mass is 32.3. The first kappa shape index (κ1) is 20.0. The average Bonchev–Trinajstić information content (AvgIpc) is 2.52. The number of ether oxygens (including phenoxy) is 1. The van der Waals surface area contributed by atoms with E-state index < -0.39 is 10.4 Å². The number of hydrogen-bond acceptors (Lipinski definition) is 6. The Morgan fingerprint density at radius 2 is 1.54 bits per heavy atom. The van der Waals surface area contributed by atoms with Gasteiger partial charge in [-0.15, -0.1) is 0 Å². The Kier molecular flexibility index (Phi) is 8.25. The zero-order valence-corrected chi connectivity index (χ0v) is 14.5. The van der Waals surface area contributed by atoms with E-state index in [2.05, 4.69) is 49.2 Å². The molecule has 0 N–H and O–H groups in total. The topological polar surface area (TPSA) is 92.7 Å². The zero-order chi connectivity index (χ0) is 18.0. The third kappa shape index (κ3) is 9.14. The zero-order valence-electron chi connectivity index (χ0n) is 13.7. The highest BCUT2D eigenvalue weighted by Crippen LogP contribution is 2.16. The van der Waals surface area contributed by atoms with E-state index in [0.29, 0.717) is 0 Å². The van der Waals surface area contributed by atoms with Crippen molar-refractivity contribution in [3.8, 4) is 5.75 Å². The van der Waals surface area contributed by atoms with Crippen LogP contribution in [0, 0.1) is 6.92 Å². The summed E-state index contributed by atoms with van der Waals surface area (Å²) in [5.41, 5.74) is 2.44. The fourth-order valence-corrected chi connectivity index (χ4v) is 2.01. The maximum Gasteiger partial charge on any atom is 0.122 e. The molecule has 7 heteroatoms. The summed E-state index contributed by atoms with van der Waals surface area (Å²) in [7, 11) is -3.05. The van der Waals surface area contributed by atoms with Crippen molar-refractivity contribution in [2.45, 2.75) is 13.3 Å². The summed E-state index contributed by atoms with van der Waals surface area (Å²) < 4.78 is 39.9. The SMILES string of the molecule is Cc1ccccc1OCCCN(C)c1ccccc1.O=S(=O)([O-])[O-]. The lowest BCUT2D eigenvalue weighted by Crippen LogP contribution is -2.20. The molecular weight excluding hydrogens is 330 g/mol. The lowest BCUT2D eigenvalue weighted by Gasteiger charge is -2.19. The van der Waals surface area contributed by atoms with Crippen LogP contribution in [0.2, 0.25) is 0 Å². The minimum atomic E-state index is -5.17. The van der Waals surface area contributed by atoms with Crippen molar-refractivity contribution in [2.24, 2.45) is 0 Å². The Morgan fingerprint density at radius 3 is 2.12 bits per heavy atom. The van der Waals surface area contributed by atoms with Gasteiger partial charge in [-0.25, -0.2) is 0 Å². The molecule has 2 rings (SSSR count). The molecule has 0 atom stereocenters. The van der Waals surface area contributed by atoms with Crippen LogP contribution in [0.3, 0.4) is 0 Å². The van der Waals surface area contributed by atoms with Gasteiger partial charge in [0.05, 0.1) is 6.61 Å². The van der Waals surface area contributed by atoms with Crippen molar-refractivity contribution in [3.63, 3.8) is 0 Å². The van der Waals surface area contributed by atoms with E-state index in [4.69, 9.17) is 22.3 Å². The van der Waals surface area contributed by atoms with Crippen LogP contribution >= 0.6 is 0 Å².